The maximum absolute atomic E-state index is 12.1. The van der Waals surface area contributed by atoms with Crippen molar-refractivity contribution in [3.05, 3.63) is 75.0 Å². The van der Waals surface area contributed by atoms with Crippen molar-refractivity contribution in [3.8, 4) is 0 Å². The van der Waals surface area contributed by atoms with Crippen LogP contribution < -0.4 is 5.32 Å². The third-order valence-corrected chi connectivity index (χ3v) is 4.66. The molecule has 6 nitrogen and oxygen atoms in total. The van der Waals surface area contributed by atoms with Crippen molar-refractivity contribution in [2.75, 3.05) is 5.32 Å². The lowest BCUT2D eigenvalue weighted by molar-refractivity contribution is -0.115. The summed E-state index contributed by atoms with van der Waals surface area (Å²) < 4.78 is 5.18. The van der Waals surface area contributed by atoms with E-state index in [-0.39, 0.29) is 24.6 Å². The van der Waals surface area contributed by atoms with E-state index in [0.717, 1.165) is 11.3 Å². The summed E-state index contributed by atoms with van der Waals surface area (Å²) in [6.07, 6.45) is 1.59. The highest BCUT2D eigenvalue weighted by Gasteiger charge is 2.12. The normalized spacial score (nSPS) is 10.4. The molecule has 0 aliphatic heterocycles. The second kappa shape index (κ2) is 8.75. The second-order valence-corrected chi connectivity index (χ2v) is 7.14. The molecule has 0 saturated heterocycles. The first-order valence-electron chi connectivity index (χ1n) is 8.08. The maximum Gasteiger partial charge on any atom is 0.357 e. The minimum atomic E-state index is -0.579. The number of aryl methyl sites for hydroxylation is 1. The fourth-order valence-corrected chi connectivity index (χ4v) is 3.14. The number of pyridine rings is 1. The number of hydrogen-bond acceptors (Lipinski definition) is 6. The molecule has 1 amide bonds. The molecule has 0 bridgehead atoms. The number of ether oxygens (including phenoxy) is 1. The average molecular weight is 402 g/mol. The number of esters is 1. The number of rotatable bonds is 6. The highest BCUT2D eigenvalue weighted by molar-refractivity contribution is 7.09. The predicted octanol–water partition coefficient (Wildman–Crippen LogP) is 4.04. The fraction of sp³-hybridized carbons (Fsp3) is 0.158. The number of amides is 1. The molecule has 138 valence electrons. The summed E-state index contributed by atoms with van der Waals surface area (Å²) in [5.41, 5.74) is 2.58. The predicted molar refractivity (Wildman–Crippen MR) is 104 cm³/mol. The molecule has 8 heteroatoms. The molecule has 0 atom stereocenters. The van der Waals surface area contributed by atoms with Gasteiger partial charge in [0.05, 0.1) is 12.1 Å². The lowest BCUT2D eigenvalue weighted by Gasteiger charge is -2.04. The zero-order valence-electron chi connectivity index (χ0n) is 14.4. The number of benzene rings is 1. The third-order valence-electron chi connectivity index (χ3n) is 3.53. The third kappa shape index (κ3) is 5.60. The van der Waals surface area contributed by atoms with Crippen LogP contribution in [-0.4, -0.2) is 21.8 Å². The van der Waals surface area contributed by atoms with Crippen molar-refractivity contribution in [2.24, 2.45) is 0 Å². The van der Waals surface area contributed by atoms with Crippen LogP contribution in [0.5, 0.6) is 0 Å². The number of carbonyl (C=O) groups excluding carboxylic acids is 2. The number of nitrogens with one attached hydrogen (secondary N) is 1. The van der Waals surface area contributed by atoms with Crippen molar-refractivity contribution < 1.29 is 14.3 Å². The molecule has 0 unspecified atom stereocenters. The van der Waals surface area contributed by atoms with E-state index in [2.05, 4.69) is 15.3 Å². The van der Waals surface area contributed by atoms with Crippen molar-refractivity contribution >= 4 is 40.5 Å². The molecule has 3 aromatic rings. The minimum Gasteiger partial charge on any atom is -0.454 e. The molecule has 0 aliphatic carbocycles. The summed E-state index contributed by atoms with van der Waals surface area (Å²) in [4.78, 5) is 32.3. The molecule has 0 aliphatic rings. The molecule has 0 radical (unpaired) electrons. The van der Waals surface area contributed by atoms with Crippen molar-refractivity contribution in [1.82, 2.24) is 9.97 Å². The fourth-order valence-electron chi connectivity index (χ4n) is 2.21. The van der Waals surface area contributed by atoms with Crippen LogP contribution in [0.1, 0.15) is 26.8 Å². The maximum atomic E-state index is 12.1. The first-order valence-corrected chi connectivity index (χ1v) is 9.34. The van der Waals surface area contributed by atoms with Gasteiger partial charge in [0.1, 0.15) is 17.3 Å². The molecule has 0 fully saturated rings. The van der Waals surface area contributed by atoms with Gasteiger partial charge in [-0.05, 0) is 31.2 Å². The van der Waals surface area contributed by atoms with E-state index < -0.39 is 5.97 Å². The van der Waals surface area contributed by atoms with E-state index in [1.165, 1.54) is 23.6 Å². The lowest BCUT2D eigenvalue weighted by atomic mass is 10.2. The van der Waals surface area contributed by atoms with Crippen LogP contribution in [0.4, 0.5) is 5.69 Å². The van der Waals surface area contributed by atoms with Gasteiger partial charge in [-0.25, -0.2) is 14.8 Å². The summed E-state index contributed by atoms with van der Waals surface area (Å²) in [5.74, 6) is -0.732. The lowest BCUT2D eigenvalue weighted by Crippen LogP contribution is -2.14. The van der Waals surface area contributed by atoms with E-state index in [4.69, 9.17) is 16.3 Å². The van der Waals surface area contributed by atoms with Crippen LogP contribution in [0.3, 0.4) is 0 Å². The Labute approximate surface area is 165 Å². The molecule has 27 heavy (non-hydrogen) atoms. The minimum absolute atomic E-state index is 0.00308. The second-order valence-electron chi connectivity index (χ2n) is 5.76. The number of carbonyl (C=O) groups is 2. The highest BCUT2D eigenvalue weighted by Crippen LogP contribution is 2.15. The Morgan fingerprint density at radius 1 is 1.22 bits per heavy atom. The van der Waals surface area contributed by atoms with Gasteiger partial charge in [0.15, 0.2) is 0 Å². The van der Waals surface area contributed by atoms with Gasteiger partial charge in [0.2, 0.25) is 5.91 Å². The van der Waals surface area contributed by atoms with E-state index in [1.54, 1.807) is 11.4 Å². The first-order chi connectivity index (χ1) is 13.0. The molecule has 3 rings (SSSR count). The van der Waals surface area contributed by atoms with Gasteiger partial charge >= 0.3 is 5.97 Å². The zero-order valence-corrected chi connectivity index (χ0v) is 16.0. The Kier molecular flexibility index (Phi) is 6.16. The van der Waals surface area contributed by atoms with Crippen LogP contribution in [0.15, 0.2) is 48.0 Å². The molecule has 1 aromatic carbocycles. The summed E-state index contributed by atoms with van der Waals surface area (Å²) in [6, 6.07) is 10.6. The number of halogens is 1. The van der Waals surface area contributed by atoms with Crippen LogP contribution in [0.2, 0.25) is 5.02 Å². The van der Waals surface area contributed by atoms with Crippen LogP contribution in [-0.2, 0) is 22.6 Å². The van der Waals surface area contributed by atoms with E-state index in [0.29, 0.717) is 15.7 Å². The Balaban J connectivity index is 1.51. The summed E-state index contributed by atoms with van der Waals surface area (Å²) in [6.45, 7) is 1.99. The molecule has 2 heterocycles. The van der Waals surface area contributed by atoms with Crippen LogP contribution >= 0.6 is 22.9 Å². The van der Waals surface area contributed by atoms with Gasteiger partial charge < -0.3 is 10.1 Å². The number of thiazole rings is 1. The van der Waals surface area contributed by atoms with E-state index in [9.17, 15) is 9.59 Å². The Morgan fingerprint density at radius 3 is 2.74 bits per heavy atom. The number of nitrogens with zero attached hydrogens (tertiary/aromatic N) is 2. The number of anilines is 1. The topological polar surface area (TPSA) is 81.2 Å². The molecular formula is C19H16ClN3O3S. The summed E-state index contributed by atoms with van der Waals surface area (Å²) >= 11 is 7.17. The number of aromatic nitrogens is 2. The first kappa shape index (κ1) is 19.0. The number of hydrogen-bond donors (Lipinski definition) is 1. The molecule has 2 aromatic heterocycles. The highest BCUT2D eigenvalue weighted by atomic mass is 35.5. The van der Waals surface area contributed by atoms with Gasteiger partial charge in [-0.2, -0.15) is 0 Å². The van der Waals surface area contributed by atoms with Crippen molar-refractivity contribution in [2.45, 2.75) is 20.0 Å². The molecule has 1 N–H and O–H groups in total. The molecular weight excluding hydrogens is 386 g/mol. The van der Waals surface area contributed by atoms with Gasteiger partial charge in [0, 0.05) is 22.3 Å². The van der Waals surface area contributed by atoms with Gasteiger partial charge in [-0.1, -0.05) is 29.3 Å². The largest absolute Gasteiger partial charge is 0.454 e. The van der Waals surface area contributed by atoms with Gasteiger partial charge in [-0.3, -0.25) is 4.79 Å². The average Bonchev–Trinajstić information content (AvgIpc) is 3.09. The Hall–Kier alpha value is -2.77. The van der Waals surface area contributed by atoms with Crippen molar-refractivity contribution in [1.29, 1.82) is 0 Å². The standard InChI is InChI=1S/C19H16ClN3O3S/c1-12-2-4-14(5-3-12)22-17(24)9-18-23-15(11-27-18)10-26-19(25)16-8-13(20)6-7-21-16/h2-8,11H,9-10H2,1H3,(H,22,24). The van der Waals surface area contributed by atoms with Gasteiger partial charge in [-0.15, -0.1) is 11.3 Å². The smallest absolute Gasteiger partial charge is 0.357 e. The van der Waals surface area contributed by atoms with Crippen LogP contribution in [0.25, 0.3) is 0 Å². The zero-order chi connectivity index (χ0) is 19.2. The molecule has 0 spiro atoms. The van der Waals surface area contributed by atoms with Gasteiger partial charge in [0.25, 0.3) is 0 Å². The SMILES string of the molecule is Cc1ccc(NC(=O)Cc2nc(COC(=O)c3cc(Cl)ccn3)cs2)cc1. The summed E-state index contributed by atoms with van der Waals surface area (Å²) in [5, 5.41) is 5.64. The van der Waals surface area contributed by atoms with Crippen LogP contribution in [0, 0.1) is 6.92 Å². The Bertz CT molecular complexity index is 957. The molecule has 0 saturated carbocycles. The van der Waals surface area contributed by atoms with E-state index in [1.807, 2.05) is 31.2 Å². The monoisotopic (exact) mass is 401 g/mol. The van der Waals surface area contributed by atoms with Crippen molar-refractivity contribution in [3.63, 3.8) is 0 Å². The quantitative estimate of drug-likeness (QED) is 0.630. The summed E-state index contributed by atoms with van der Waals surface area (Å²) in [7, 11) is 0. The van der Waals surface area contributed by atoms with E-state index >= 15 is 0 Å². The Morgan fingerprint density at radius 2 is 2.00 bits per heavy atom.